The molecule has 50 valence electrons. The van der Waals surface area contributed by atoms with Crippen LogP contribution in [0.1, 0.15) is 0 Å². The van der Waals surface area contributed by atoms with Crippen LogP contribution >= 0.6 is 0 Å². The van der Waals surface area contributed by atoms with Crippen LogP contribution in [0.3, 0.4) is 0 Å². The van der Waals surface area contributed by atoms with Crippen LogP contribution in [0.2, 0.25) is 0 Å². The van der Waals surface area contributed by atoms with Gasteiger partial charge in [-0.2, -0.15) is 9.60 Å². The van der Waals surface area contributed by atoms with Crippen molar-refractivity contribution in [3.63, 3.8) is 0 Å². The predicted octanol–water partition coefficient (Wildman–Crippen LogP) is -0.746. The first kappa shape index (κ1) is 5.96. The number of anilines is 1. The van der Waals surface area contributed by atoms with Crippen molar-refractivity contribution in [3.8, 4) is 0 Å². The van der Waals surface area contributed by atoms with Crippen LogP contribution in [0.15, 0.2) is 0 Å². The first-order valence-electron chi connectivity index (χ1n) is 2.26. The molecule has 1 heterocycles. The lowest BCUT2D eigenvalue weighted by molar-refractivity contribution is 0.577. The van der Waals surface area contributed by atoms with Gasteiger partial charge >= 0.3 is 0 Å². The molecule has 0 saturated carbocycles. The fourth-order valence-corrected chi connectivity index (χ4v) is 0.437. The van der Waals surface area contributed by atoms with E-state index < -0.39 is 5.95 Å². The monoisotopic (exact) mass is 131 g/mol. The Hall–Kier alpha value is -1.17. The molecule has 1 aromatic rings. The Morgan fingerprint density at radius 2 is 2.33 bits per heavy atom. The third-order valence-electron chi connectivity index (χ3n) is 0.823. The van der Waals surface area contributed by atoms with E-state index in [1.54, 1.807) is 0 Å². The van der Waals surface area contributed by atoms with E-state index in [1.165, 1.54) is 7.05 Å². The van der Waals surface area contributed by atoms with Gasteiger partial charge in [-0.3, -0.25) is 5.01 Å². The van der Waals surface area contributed by atoms with Crippen LogP contribution < -0.4 is 10.9 Å². The minimum Gasteiger partial charge on any atom is -0.293 e. The van der Waals surface area contributed by atoms with Crippen molar-refractivity contribution in [1.29, 1.82) is 0 Å². The smallest absolute Gasteiger partial charge is 0.277 e. The Morgan fingerprint density at radius 3 is 2.56 bits per heavy atom. The van der Waals surface area contributed by atoms with Crippen LogP contribution in [0.5, 0.6) is 0 Å². The molecule has 5 nitrogen and oxygen atoms in total. The summed E-state index contributed by atoms with van der Waals surface area (Å²) in [5, 5.41) is 9.64. The molecular formula is C3H6FN5. The van der Waals surface area contributed by atoms with Gasteiger partial charge in [-0.25, -0.2) is 5.84 Å². The van der Waals surface area contributed by atoms with Crippen molar-refractivity contribution in [2.75, 3.05) is 12.1 Å². The quantitative estimate of drug-likeness (QED) is 0.388. The normalized spacial score (nSPS) is 9.67. The Morgan fingerprint density at radius 1 is 1.67 bits per heavy atom. The molecule has 0 saturated heterocycles. The number of H-pyrrole nitrogens is 1. The SMILES string of the molecule is CN(N)c1n[nH]nc1F. The molecule has 9 heavy (non-hydrogen) atoms. The Kier molecular flexibility index (Phi) is 1.31. The van der Waals surface area contributed by atoms with Gasteiger partial charge in [-0.05, 0) is 0 Å². The Labute approximate surface area is 50.6 Å². The van der Waals surface area contributed by atoms with Crippen LogP contribution in [0, 0.1) is 5.95 Å². The molecule has 6 heteroatoms. The van der Waals surface area contributed by atoms with Crippen molar-refractivity contribution in [2.24, 2.45) is 5.84 Å². The zero-order chi connectivity index (χ0) is 6.85. The van der Waals surface area contributed by atoms with Gasteiger partial charge in [-0.1, -0.05) is 0 Å². The van der Waals surface area contributed by atoms with Crippen LogP contribution in [0.25, 0.3) is 0 Å². The number of aromatic nitrogens is 3. The number of nitrogens with zero attached hydrogens (tertiary/aromatic N) is 3. The fourth-order valence-electron chi connectivity index (χ4n) is 0.437. The number of halogens is 1. The van der Waals surface area contributed by atoms with Gasteiger partial charge in [0.05, 0.1) is 0 Å². The zero-order valence-electron chi connectivity index (χ0n) is 4.80. The number of rotatable bonds is 1. The molecule has 0 unspecified atom stereocenters. The van der Waals surface area contributed by atoms with Crippen LogP contribution in [0.4, 0.5) is 10.2 Å². The van der Waals surface area contributed by atoms with Gasteiger partial charge in [0.15, 0.2) is 0 Å². The summed E-state index contributed by atoms with van der Waals surface area (Å²) in [6.45, 7) is 0. The molecule has 0 aromatic carbocycles. The Balaban J connectivity index is 2.94. The van der Waals surface area contributed by atoms with E-state index in [0.717, 1.165) is 5.01 Å². The molecule has 3 N–H and O–H groups in total. The zero-order valence-corrected chi connectivity index (χ0v) is 4.80. The molecule has 0 spiro atoms. The van der Waals surface area contributed by atoms with E-state index in [9.17, 15) is 4.39 Å². The maximum absolute atomic E-state index is 12.3. The average molecular weight is 131 g/mol. The molecule has 0 atom stereocenters. The number of hydrogen-bond acceptors (Lipinski definition) is 4. The number of hydrogen-bond donors (Lipinski definition) is 2. The largest absolute Gasteiger partial charge is 0.293 e. The van der Waals surface area contributed by atoms with E-state index >= 15 is 0 Å². The topological polar surface area (TPSA) is 70.8 Å². The van der Waals surface area contributed by atoms with E-state index in [4.69, 9.17) is 5.84 Å². The second-order valence-corrected chi connectivity index (χ2v) is 1.55. The van der Waals surface area contributed by atoms with Gasteiger partial charge in [0.25, 0.3) is 5.95 Å². The second kappa shape index (κ2) is 1.98. The molecule has 0 amide bonds. The second-order valence-electron chi connectivity index (χ2n) is 1.55. The van der Waals surface area contributed by atoms with Gasteiger partial charge in [0.1, 0.15) is 0 Å². The molecule has 0 bridgehead atoms. The highest BCUT2D eigenvalue weighted by atomic mass is 19.1. The number of aromatic amines is 1. The third kappa shape index (κ3) is 0.968. The first-order valence-corrected chi connectivity index (χ1v) is 2.26. The van der Waals surface area contributed by atoms with Crippen LogP contribution in [-0.4, -0.2) is 22.5 Å². The lowest BCUT2D eigenvalue weighted by Crippen LogP contribution is -2.26. The first-order chi connectivity index (χ1) is 4.22. The highest BCUT2D eigenvalue weighted by molar-refractivity contribution is 5.31. The van der Waals surface area contributed by atoms with Crippen molar-refractivity contribution < 1.29 is 4.39 Å². The lowest BCUT2D eigenvalue weighted by atomic mass is 10.7. The summed E-state index contributed by atoms with van der Waals surface area (Å²) in [6.07, 6.45) is 0. The minimum absolute atomic E-state index is 0.00926. The van der Waals surface area contributed by atoms with Crippen molar-refractivity contribution in [3.05, 3.63) is 5.95 Å². The molecular weight excluding hydrogens is 125 g/mol. The maximum atomic E-state index is 12.3. The van der Waals surface area contributed by atoms with Gasteiger partial charge in [0.2, 0.25) is 5.82 Å². The minimum atomic E-state index is -0.694. The summed E-state index contributed by atoms with van der Waals surface area (Å²) >= 11 is 0. The van der Waals surface area contributed by atoms with E-state index in [-0.39, 0.29) is 5.82 Å². The predicted molar refractivity (Wildman–Crippen MR) is 28.9 cm³/mol. The summed E-state index contributed by atoms with van der Waals surface area (Å²) in [4.78, 5) is 0. The average Bonchev–Trinajstić information content (AvgIpc) is 2.13. The van der Waals surface area contributed by atoms with Gasteiger partial charge in [-0.15, -0.1) is 10.2 Å². The summed E-state index contributed by atoms with van der Waals surface area (Å²) in [5.74, 6) is 4.44. The summed E-state index contributed by atoms with van der Waals surface area (Å²) in [5.41, 5.74) is 0. The molecule has 0 aliphatic rings. The molecule has 0 radical (unpaired) electrons. The standard InChI is InChI=1S/C3H6FN5/c1-9(5)3-2(4)6-8-7-3/h5H2,1H3,(H,6,7,8). The number of nitrogens with one attached hydrogen (secondary N) is 1. The highest BCUT2D eigenvalue weighted by Gasteiger charge is 2.07. The van der Waals surface area contributed by atoms with E-state index in [2.05, 4.69) is 15.4 Å². The lowest BCUT2D eigenvalue weighted by Gasteiger charge is -2.04. The molecule has 0 fully saturated rings. The van der Waals surface area contributed by atoms with Gasteiger partial charge in [0, 0.05) is 7.05 Å². The Bertz CT molecular complexity index is 194. The van der Waals surface area contributed by atoms with Crippen molar-refractivity contribution >= 4 is 5.82 Å². The van der Waals surface area contributed by atoms with Gasteiger partial charge < -0.3 is 0 Å². The molecule has 1 aromatic heterocycles. The van der Waals surface area contributed by atoms with E-state index in [1.807, 2.05) is 0 Å². The van der Waals surface area contributed by atoms with Crippen molar-refractivity contribution in [2.45, 2.75) is 0 Å². The van der Waals surface area contributed by atoms with Crippen LogP contribution in [-0.2, 0) is 0 Å². The number of nitrogens with two attached hydrogens (primary N) is 1. The molecule has 0 aliphatic heterocycles. The highest BCUT2D eigenvalue weighted by Crippen LogP contribution is 2.05. The maximum Gasteiger partial charge on any atom is 0.277 e. The molecule has 0 aliphatic carbocycles. The fraction of sp³-hybridized carbons (Fsp3) is 0.333. The summed E-state index contributed by atoms with van der Waals surface area (Å²) < 4.78 is 12.3. The number of hydrazine groups is 1. The molecule has 1 rings (SSSR count). The third-order valence-corrected chi connectivity index (χ3v) is 0.823. The van der Waals surface area contributed by atoms with Crippen molar-refractivity contribution in [1.82, 2.24) is 15.4 Å². The summed E-state index contributed by atoms with van der Waals surface area (Å²) in [7, 11) is 1.47. The van der Waals surface area contributed by atoms with E-state index in [0.29, 0.717) is 0 Å². The summed E-state index contributed by atoms with van der Waals surface area (Å²) in [6, 6.07) is 0.